The predicted octanol–water partition coefficient (Wildman–Crippen LogP) is 2.50. The molecule has 0 radical (unpaired) electrons. The van der Waals surface area contributed by atoms with Crippen LogP contribution in [0.15, 0.2) is 35.2 Å². The van der Waals surface area contributed by atoms with Crippen LogP contribution in [0.3, 0.4) is 0 Å². The highest BCUT2D eigenvalue weighted by Gasteiger charge is 2.29. The van der Waals surface area contributed by atoms with Crippen molar-refractivity contribution >= 4 is 39.2 Å². The summed E-state index contributed by atoms with van der Waals surface area (Å²) in [5.74, 6) is -0.418. The summed E-state index contributed by atoms with van der Waals surface area (Å²) in [5.41, 5.74) is 0. The van der Waals surface area contributed by atoms with E-state index in [-0.39, 0.29) is 27.6 Å². The third-order valence-electron chi connectivity index (χ3n) is 2.58. The lowest BCUT2D eigenvalue weighted by Gasteiger charge is -2.17. The Morgan fingerprint density at radius 2 is 1.64 bits per heavy atom. The Bertz CT molecular complexity index is 771. The molecule has 1 aromatic heterocycles. The lowest BCUT2D eigenvalue weighted by molar-refractivity contribution is 0.362. The minimum absolute atomic E-state index is 0.00978. The number of sulfonamides is 1. The summed E-state index contributed by atoms with van der Waals surface area (Å²) in [5, 5.41) is -0.146. The molecule has 0 aliphatic heterocycles. The highest BCUT2D eigenvalue weighted by atomic mass is 35.5. The predicted molar refractivity (Wildman–Crippen MR) is 82.1 cm³/mol. The first kappa shape index (κ1) is 16.6. The monoisotopic (exact) mass is 363 g/mol. The second-order valence-electron chi connectivity index (χ2n) is 3.89. The zero-order valence-corrected chi connectivity index (χ0v) is 13.9. The van der Waals surface area contributed by atoms with E-state index in [0.29, 0.717) is 3.82 Å². The van der Waals surface area contributed by atoms with E-state index in [1.165, 1.54) is 26.4 Å². The fraction of sp³-hybridized carbons (Fsp3) is 0.167. The van der Waals surface area contributed by atoms with Gasteiger partial charge in [0.05, 0.1) is 19.1 Å². The lowest BCUT2D eigenvalue weighted by Crippen LogP contribution is -2.23. The van der Waals surface area contributed by atoms with Gasteiger partial charge < -0.3 is 9.47 Å². The fourth-order valence-corrected chi connectivity index (χ4v) is 3.14. The van der Waals surface area contributed by atoms with Gasteiger partial charge in [-0.3, -0.25) is 0 Å². The number of hydrogen-bond acceptors (Lipinski definition) is 6. The molecule has 0 aliphatic carbocycles. The van der Waals surface area contributed by atoms with Crippen molar-refractivity contribution < 1.29 is 17.9 Å². The molecule has 0 atom stereocenters. The number of rotatable bonds is 5. The molecule has 118 valence electrons. The van der Waals surface area contributed by atoms with Crippen molar-refractivity contribution in [3.63, 3.8) is 0 Å². The molecule has 2 rings (SSSR count). The van der Waals surface area contributed by atoms with Crippen LogP contribution in [0.5, 0.6) is 11.8 Å². The summed E-state index contributed by atoms with van der Waals surface area (Å²) >= 11 is 11.8. The molecule has 0 bridgehead atoms. The van der Waals surface area contributed by atoms with Gasteiger partial charge in [0.15, 0.2) is 5.15 Å². The Hall–Kier alpha value is -1.77. The van der Waals surface area contributed by atoms with Gasteiger partial charge in [-0.15, -0.1) is 0 Å². The first-order chi connectivity index (χ1) is 10.4. The lowest BCUT2D eigenvalue weighted by atomic mass is 10.4. The van der Waals surface area contributed by atoms with E-state index < -0.39 is 10.0 Å². The molecule has 0 amide bonds. The number of ether oxygens (including phenoxy) is 2. The minimum Gasteiger partial charge on any atom is -0.479 e. The molecular formula is C12H11Cl2N3O4S. The third-order valence-corrected chi connectivity index (χ3v) is 4.99. The highest BCUT2D eigenvalue weighted by molar-refractivity contribution is 7.94. The van der Waals surface area contributed by atoms with Crippen LogP contribution in [0, 0.1) is 0 Å². The summed E-state index contributed by atoms with van der Waals surface area (Å²) in [6.45, 7) is 0. The Balaban J connectivity index is 2.54. The molecule has 1 heterocycles. The molecule has 0 saturated heterocycles. The molecule has 0 saturated carbocycles. The zero-order chi connectivity index (χ0) is 16.3. The van der Waals surface area contributed by atoms with E-state index in [1.54, 1.807) is 18.2 Å². The second kappa shape index (κ2) is 6.55. The number of aromatic nitrogens is 2. The van der Waals surface area contributed by atoms with Crippen LogP contribution in [-0.2, 0) is 10.0 Å². The van der Waals surface area contributed by atoms with Gasteiger partial charge in [0.1, 0.15) is 0 Å². The molecule has 7 nitrogen and oxygen atoms in total. The van der Waals surface area contributed by atoms with Crippen molar-refractivity contribution in [2.24, 2.45) is 0 Å². The number of hydrogen-bond donors (Lipinski definition) is 0. The molecule has 1 aromatic carbocycles. The highest BCUT2D eigenvalue weighted by Crippen LogP contribution is 2.35. The summed E-state index contributed by atoms with van der Waals surface area (Å²) in [6, 6.07) is 7.62. The molecule has 0 N–H and O–H groups in total. The summed E-state index contributed by atoms with van der Waals surface area (Å²) < 4.78 is 35.2. The smallest absolute Gasteiger partial charge is 0.279 e. The van der Waals surface area contributed by atoms with Crippen LogP contribution in [-0.4, -0.2) is 32.6 Å². The molecular weight excluding hydrogens is 353 g/mol. The molecule has 0 fully saturated rings. The van der Waals surface area contributed by atoms with Crippen LogP contribution in [0.4, 0.5) is 5.82 Å². The van der Waals surface area contributed by atoms with Crippen molar-refractivity contribution in [3.05, 3.63) is 35.5 Å². The van der Waals surface area contributed by atoms with Gasteiger partial charge in [0.25, 0.3) is 21.8 Å². The van der Waals surface area contributed by atoms with Crippen LogP contribution >= 0.6 is 23.4 Å². The fourth-order valence-electron chi connectivity index (χ4n) is 1.56. The van der Waals surface area contributed by atoms with E-state index in [9.17, 15) is 8.42 Å². The van der Waals surface area contributed by atoms with E-state index >= 15 is 0 Å². The third kappa shape index (κ3) is 3.03. The van der Waals surface area contributed by atoms with Gasteiger partial charge in [-0.2, -0.15) is 17.2 Å². The van der Waals surface area contributed by atoms with E-state index in [0.717, 1.165) is 0 Å². The molecule has 2 aromatic rings. The first-order valence-corrected chi connectivity index (χ1v) is 7.99. The number of benzene rings is 1. The van der Waals surface area contributed by atoms with Crippen molar-refractivity contribution in [2.75, 3.05) is 18.0 Å². The molecule has 22 heavy (non-hydrogen) atoms. The van der Waals surface area contributed by atoms with Crippen molar-refractivity contribution in [2.45, 2.75) is 4.90 Å². The van der Waals surface area contributed by atoms with Crippen LogP contribution in [0.1, 0.15) is 0 Å². The van der Waals surface area contributed by atoms with Gasteiger partial charge in [0, 0.05) is 11.8 Å². The SMILES string of the molecule is COc1nc(OC)c(N(Cl)S(=O)(=O)c2ccccc2)nc1Cl. The van der Waals surface area contributed by atoms with Crippen LogP contribution < -0.4 is 13.3 Å². The molecule has 0 unspecified atom stereocenters. The maximum atomic E-state index is 12.5. The van der Waals surface area contributed by atoms with Gasteiger partial charge in [0.2, 0.25) is 5.82 Å². The largest absolute Gasteiger partial charge is 0.479 e. The van der Waals surface area contributed by atoms with E-state index in [1.807, 2.05) is 0 Å². The number of methoxy groups -OCH3 is 2. The summed E-state index contributed by atoms with van der Waals surface area (Å²) in [4.78, 5) is 7.77. The van der Waals surface area contributed by atoms with Crippen molar-refractivity contribution in [1.82, 2.24) is 9.97 Å². The second-order valence-corrected chi connectivity index (χ2v) is 6.57. The first-order valence-electron chi connectivity index (χ1n) is 5.83. The normalized spacial score (nSPS) is 11.1. The van der Waals surface area contributed by atoms with Crippen LogP contribution in [0.25, 0.3) is 0 Å². The average molecular weight is 364 g/mol. The van der Waals surface area contributed by atoms with E-state index in [2.05, 4.69) is 9.97 Å². The summed E-state index contributed by atoms with van der Waals surface area (Å²) in [7, 11) is -1.41. The minimum atomic E-state index is -4.04. The average Bonchev–Trinajstić information content (AvgIpc) is 2.54. The van der Waals surface area contributed by atoms with Gasteiger partial charge in [-0.1, -0.05) is 29.8 Å². The van der Waals surface area contributed by atoms with Crippen LogP contribution in [0.2, 0.25) is 5.15 Å². The number of anilines is 1. The number of nitrogens with zero attached hydrogens (tertiary/aromatic N) is 3. The van der Waals surface area contributed by atoms with Crippen molar-refractivity contribution in [1.29, 1.82) is 0 Å². The maximum Gasteiger partial charge on any atom is 0.279 e. The van der Waals surface area contributed by atoms with Gasteiger partial charge in [-0.25, -0.2) is 4.98 Å². The molecule has 0 aliphatic rings. The van der Waals surface area contributed by atoms with Gasteiger partial charge in [-0.05, 0) is 12.1 Å². The topological polar surface area (TPSA) is 81.6 Å². The quantitative estimate of drug-likeness (QED) is 0.759. The Morgan fingerprint density at radius 1 is 1.05 bits per heavy atom. The summed E-state index contributed by atoms with van der Waals surface area (Å²) in [6.07, 6.45) is 0. The zero-order valence-electron chi connectivity index (χ0n) is 11.5. The van der Waals surface area contributed by atoms with Crippen molar-refractivity contribution in [3.8, 4) is 11.8 Å². The maximum absolute atomic E-state index is 12.5. The Labute approximate surface area is 137 Å². The molecule has 10 heteroatoms. The Kier molecular flexibility index (Phi) is 4.94. The molecule has 0 spiro atoms. The van der Waals surface area contributed by atoms with Gasteiger partial charge >= 0.3 is 0 Å². The Morgan fingerprint density at radius 3 is 2.18 bits per heavy atom. The van der Waals surface area contributed by atoms with E-state index in [4.69, 9.17) is 32.9 Å². The standard InChI is InChI=1S/C12H11Cl2N3O4S/c1-20-11-9(13)15-10(12(16-11)21-2)17(14)22(18,19)8-6-4-3-5-7-8/h3-7H,1-2H3. The number of halogens is 2.